The maximum atomic E-state index is 11.8. The topological polar surface area (TPSA) is 84.3 Å². The van der Waals surface area contributed by atoms with Crippen LogP contribution in [0, 0.1) is 0 Å². The third-order valence-electron chi connectivity index (χ3n) is 2.95. The Morgan fingerprint density at radius 3 is 2.78 bits per heavy atom. The molecule has 3 rings (SSSR count). The number of benzene rings is 2. The molecule has 0 radical (unpaired) electrons. The highest BCUT2D eigenvalue weighted by Crippen LogP contribution is 2.24. The van der Waals surface area contributed by atoms with Gasteiger partial charge in [-0.15, -0.1) is 0 Å². The molecule has 2 N–H and O–H groups in total. The minimum atomic E-state index is -0.590. The summed E-state index contributed by atoms with van der Waals surface area (Å²) in [7, 11) is 0. The van der Waals surface area contributed by atoms with E-state index in [1.54, 1.807) is 24.3 Å². The van der Waals surface area contributed by atoms with E-state index in [-0.39, 0.29) is 12.4 Å². The van der Waals surface area contributed by atoms with Gasteiger partial charge in [0.15, 0.2) is 5.82 Å². The van der Waals surface area contributed by atoms with Gasteiger partial charge in [-0.25, -0.2) is 4.79 Å². The predicted octanol–water partition coefficient (Wildman–Crippen LogP) is 3.66. The minimum absolute atomic E-state index is 0.133. The quantitative estimate of drug-likeness (QED) is 0.764. The first kappa shape index (κ1) is 15.0. The fourth-order valence-electron chi connectivity index (χ4n) is 1.88. The number of carbonyl (C=O) groups is 1. The third kappa shape index (κ3) is 4.04. The van der Waals surface area contributed by atoms with Crippen molar-refractivity contribution in [1.82, 2.24) is 9.36 Å². The molecular weight excluding hydrogens is 314 g/mol. The standard InChI is InChI=1S/C16H13N3O3S/c20-13-8-4-7-12(9-13)14-17-15(23-19-14)18-16(21)22-10-11-5-2-1-3-6-11/h1-9,20H,10H2,(H,17,18,19,21). The van der Waals surface area contributed by atoms with E-state index in [1.165, 1.54) is 0 Å². The lowest BCUT2D eigenvalue weighted by Crippen LogP contribution is -2.13. The van der Waals surface area contributed by atoms with Crippen LogP contribution in [0.4, 0.5) is 9.93 Å². The molecule has 0 saturated heterocycles. The second kappa shape index (κ2) is 6.89. The number of aromatic nitrogens is 2. The molecule has 0 aliphatic carbocycles. The number of nitrogens with one attached hydrogen (secondary N) is 1. The van der Waals surface area contributed by atoms with E-state index in [2.05, 4.69) is 14.7 Å². The van der Waals surface area contributed by atoms with Crippen LogP contribution >= 0.6 is 11.5 Å². The summed E-state index contributed by atoms with van der Waals surface area (Å²) in [5.74, 6) is 0.568. The lowest BCUT2D eigenvalue weighted by Gasteiger charge is -2.04. The second-order valence-electron chi connectivity index (χ2n) is 4.66. The fourth-order valence-corrected chi connectivity index (χ4v) is 2.46. The Kier molecular flexibility index (Phi) is 4.49. The zero-order chi connectivity index (χ0) is 16.1. The first-order valence-electron chi connectivity index (χ1n) is 6.81. The number of hydrogen-bond acceptors (Lipinski definition) is 6. The number of anilines is 1. The van der Waals surface area contributed by atoms with E-state index in [4.69, 9.17) is 4.74 Å². The predicted molar refractivity (Wildman–Crippen MR) is 87.3 cm³/mol. The number of rotatable bonds is 4. The van der Waals surface area contributed by atoms with Crippen LogP contribution in [0.3, 0.4) is 0 Å². The fraction of sp³-hybridized carbons (Fsp3) is 0.0625. The molecule has 116 valence electrons. The molecule has 0 atom stereocenters. The van der Waals surface area contributed by atoms with Crippen molar-refractivity contribution in [3.8, 4) is 17.1 Å². The average Bonchev–Trinajstić information content (AvgIpc) is 3.02. The van der Waals surface area contributed by atoms with Crippen molar-refractivity contribution in [2.45, 2.75) is 6.61 Å². The highest BCUT2D eigenvalue weighted by atomic mass is 32.1. The van der Waals surface area contributed by atoms with E-state index in [0.717, 1.165) is 17.1 Å². The van der Waals surface area contributed by atoms with Crippen LogP contribution in [-0.2, 0) is 11.3 Å². The van der Waals surface area contributed by atoms with Crippen LogP contribution in [0.5, 0.6) is 5.75 Å². The highest BCUT2D eigenvalue weighted by Gasteiger charge is 2.10. The van der Waals surface area contributed by atoms with Crippen molar-refractivity contribution in [2.24, 2.45) is 0 Å². The van der Waals surface area contributed by atoms with Gasteiger partial charge in [-0.2, -0.15) is 9.36 Å². The van der Waals surface area contributed by atoms with Gasteiger partial charge in [0.25, 0.3) is 0 Å². The number of amides is 1. The van der Waals surface area contributed by atoms with Gasteiger partial charge in [-0.1, -0.05) is 42.5 Å². The first-order chi connectivity index (χ1) is 11.2. The van der Waals surface area contributed by atoms with Gasteiger partial charge in [0, 0.05) is 17.1 Å². The van der Waals surface area contributed by atoms with E-state index in [1.807, 2.05) is 30.3 Å². The molecule has 1 aromatic heterocycles. The van der Waals surface area contributed by atoms with Crippen molar-refractivity contribution in [1.29, 1.82) is 0 Å². The van der Waals surface area contributed by atoms with Crippen LogP contribution in [0.2, 0.25) is 0 Å². The average molecular weight is 327 g/mol. The summed E-state index contributed by atoms with van der Waals surface area (Å²) in [4.78, 5) is 16.0. The van der Waals surface area contributed by atoms with Gasteiger partial charge in [0.05, 0.1) is 0 Å². The molecule has 7 heteroatoms. The van der Waals surface area contributed by atoms with Gasteiger partial charge in [-0.05, 0) is 17.7 Å². The molecule has 1 heterocycles. The molecule has 6 nitrogen and oxygen atoms in total. The molecule has 23 heavy (non-hydrogen) atoms. The Hall–Kier alpha value is -2.93. The normalized spacial score (nSPS) is 10.3. The summed E-state index contributed by atoms with van der Waals surface area (Å²) in [6, 6.07) is 16.0. The van der Waals surface area contributed by atoms with Crippen LogP contribution in [-0.4, -0.2) is 20.6 Å². The van der Waals surface area contributed by atoms with Gasteiger partial charge in [0.1, 0.15) is 12.4 Å². The van der Waals surface area contributed by atoms with Gasteiger partial charge < -0.3 is 9.84 Å². The first-order valence-corrected chi connectivity index (χ1v) is 7.59. The van der Waals surface area contributed by atoms with Crippen molar-refractivity contribution in [3.05, 3.63) is 60.2 Å². The third-order valence-corrected chi connectivity index (χ3v) is 3.58. The molecular formula is C16H13N3O3S. The zero-order valence-electron chi connectivity index (χ0n) is 12.0. The Labute approximate surface area is 136 Å². The van der Waals surface area contributed by atoms with Gasteiger partial charge in [0.2, 0.25) is 5.13 Å². The summed E-state index contributed by atoms with van der Waals surface area (Å²) in [6.07, 6.45) is -0.590. The van der Waals surface area contributed by atoms with Crippen molar-refractivity contribution in [3.63, 3.8) is 0 Å². The summed E-state index contributed by atoms with van der Waals surface area (Å²) in [6.45, 7) is 0.185. The van der Waals surface area contributed by atoms with Crippen LogP contribution in [0.25, 0.3) is 11.4 Å². The lowest BCUT2D eigenvalue weighted by molar-refractivity contribution is 0.155. The SMILES string of the molecule is O=C(Nc1nc(-c2cccc(O)c2)ns1)OCc1ccccc1. The molecule has 0 aliphatic rings. The number of hydrogen-bond donors (Lipinski definition) is 2. The molecule has 1 amide bonds. The van der Waals surface area contributed by atoms with Crippen LogP contribution in [0.15, 0.2) is 54.6 Å². The van der Waals surface area contributed by atoms with E-state index < -0.39 is 6.09 Å². The Balaban J connectivity index is 1.59. The van der Waals surface area contributed by atoms with E-state index in [9.17, 15) is 9.90 Å². The number of nitrogens with zero attached hydrogens (tertiary/aromatic N) is 2. The largest absolute Gasteiger partial charge is 0.508 e. The molecule has 0 bridgehead atoms. The van der Waals surface area contributed by atoms with Crippen molar-refractivity contribution >= 4 is 22.8 Å². The maximum absolute atomic E-state index is 11.8. The molecule has 0 unspecified atom stereocenters. The summed E-state index contributed by atoms with van der Waals surface area (Å²) in [5, 5.41) is 12.3. The number of carbonyl (C=O) groups excluding carboxylic acids is 1. The highest BCUT2D eigenvalue weighted by molar-refractivity contribution is 7.10. The monoisotopic (exact) mass is 327 g/mol. The van der Waals surface area contributed by atoms with Gasteiger partial charge >= 0.3 is 6.09 Å². The molecule has 3 aromatic rings. The number of phenolic OH excluding ortho intramolecular Hbond substituents is 1. The van der Waals surface area contributed by atoms with E-state index in [0.29, 0.717) is 16.5 Å². The Bertz CT molecular complexity index is 805. The number of phenols is 1. The second-order valence-corrected chi connectivity index (χ2v) is 5.41. The smallest absolute Gasteiger partial charge is 0.413 e. The number of ether oxygens (including phenoxy) is 1. The van der Waals surface area contributed by atoms with Crippen molar-refractivity contribution in [2.75, 3.05) is 5.32 Å². The lowest BCUT2D eigenvalue weighted by atomic mass is 10.2. The maximum Gasteiger partial charge on any atom is 0.413 e. The van der Waals surface area contributed by atoms with Gasteiger partial charge in [-0.3, -0.25) is 5.32 Å². The zero-order valence-corrected chi connectivity index (χ0v) is 12.8. The summed E-state index contributed by atoms with van der Waals surface area (Å²) >= 11 is 1.05. The molecule has 0 spiro atoms. The van der Waals surface area contributed by atoms with E-state index >= 15 is 0 Å². The van der Waals surface area contributed by atoms with Crippen LogP contribution in [0.1, 0.15) is 5.56 Å². The van der Waals surface area contributed by atoms with Crippen molar-refractivity contribution < 1.29 is 14.6 Å². The molecule has 0 aliphatic heterocycles. The Morgan fingerprint density at radius 2 is 2.00 bits per heavy atom. The molecule has 0 saturated carbocycles. The molecule has 0 fully saturated rings. The van der Waals surface area contributed by atoms with Crippen LogP contribution < -0.4 is 5.32 Å². The summed E-state index contributed by atoms with van der Waals surface area (Å²) in [5.41, 5.74) is 1.58. The Morgan fingerprint density at radius 1 is 1.17 bits per heavy atom. The molecule has 2 aromatic carbocycles. The summed E-state index contributed by atoms with van der Waals surface area (Å²) < 4.78 is 9.26. The number of aromatic hydroxyl groups is 1. The minimum Gasteiger partial charge on any atom is -0.508 e.